The Morgan fingerprint density at radius 3 is 2.63 bits per heavy atom. The molecule has 0 unspecified atom stereocenters. The van der Waals surface area contributed by atoms with Crippen molar-refractivity contribution in [3.8, 4) is 17.3 Å². The summed E-state index contributed by atoms with van der Waals surface area (Å²) in [6.07, 6.45) is 0.805. The van der Waals surface area contributed by atoms with Gasteiger partial charge in [-0.1, -0.05) is 6.92 Å². The van der Waals surface area contributed by atoms with Crippen molar-refractivity contribution >= 4 is 28.4 Å². The Bertz CT molecular complexity index is 623. The third-order valence-electron chi connectivity index (χ3n) is 2.87. The molecule has 0 saturated carbocycles. The number of halogens is 1. The van der Waals surface area contributed by atoms with Crippen molar-refractivity contribution < 1.29 is 4.74 Å². The minimum Gasteiger partial charge on any atom is -0.481 e. The van der Waals surface area contributed by atoms with E-state index in [0.717, 1.165) is 26.9 Å². The van der Waals surface area contributed by atoms with Crippen molar-refractivity contribution in [3.63, 3.8) is 0 Å². The van der Waals surface area contributed by atoms with E-state index >= 15 is 0 Å². The maximum atomic E-state index is 5.96. The lowest BCUT2D eigenvalue weighted by atomic mass is 10.2. The summed E-state index contributed by atoms with van der Waals surface area (Å²) in [5, 5.41) is 4.33. The molecule has 0 spiro atoms. The van der Waals surface area contributed by atoms with Gasteiger partial charge in [0, 0.05) is 7.05 Å². The molecule has 19 heavy (non-hydrogen) atoms. The highest BCUT2D eigenvalue weighted by atomic mass is 127. The van der Waals surface area contributed by atoms with E-state index in [1.165, 1.54) is 0 Å². The van der Waals surface area contributed by atoms with Crippen LogP contribution in [-0.2, 0) is 13.5 Å². The average molecular weight is 373 g/mol. The van der Waals surface area contributed by atoms with Crippen LogP contribution in [0.3, 0.4) is 0 Å². The van der Waals surface area contributed by atoms with Crippen molar-refractivity contribution in [1.82, 2.24) is 19.7 Å². The zero-order valence-corrected chi connectivity index (χ0v) is 13.5. The van der Waals surface area contributed by atoms with Gasteiger partial charge in [-0.05, 0) is 35.9 Å². The molecule has 0 aliphatic carbocycles. The molecule has 2 rings (SSSR count). The summed E-state index contributed by atoms with van der Waals surface area (Å²) in [6, 6.07) is 0. The summed E-state index contributed by atoms with van der Waals surface area (Å²) in [7, 11) is 3.43. The predicted octanol–water partition coefficient (Wildman–Crippen LogP) is 1.94. The molecule has 0 atom stereocenters. The lowest BCUT2D eigenvalue weighted by Gasteiger charge is -2.08. The second kappa shape index (κ2) is 5.32. The van der Waals surface area contributed by atoms with Crippen LogP contribution >= 0.6 is 22.6 Å². The molecule has 0 fully saturated rings. The molecular formula is C12H16IN5O. The summed E-state index contributed by atoms with van der Waals surface area (Å²) < 4.78 is 7.95. The number of nitrogens with zero attached hydrogens (tertiary/aromatic N) is 4. The number of rotatable bonds is 3. The second-order valence-electron chi connectivity index (χ2n) is 4.14. The van der Waals surface area contributed by atoms with Gasteiger partial charge < -0.3 is 10.5 Å². The summed E-state index contributed by atoms with van der Waals surface area (Å²) in [6.45, 7) is 3.95. The van der Waals surface area contributed by atoms with Gasteiger partial charge in [0.1, 0.15) is 11.4 Å². The molecule has 2 aromatic rings. The Labute approximate surface area is 125 Å². The van der Waals surface area contributed by atoms with E-state index < -0.39 is 0 Å². The lowest BCUT2D eigenvalue weighted by molar-refractivity contribution is 0.374. The second-order valence-corrected chi connectivity index (χ2v) is 5.22. The van der Waals surface area contributed by atoms with Gasteiger partial charge in [0.15, 0.2) is 5.82 Å². The monoisotopic (exact) mass is 373 g/mol. The van der Waals surface area contributed by atoms with Crippen LogP contribution in [0.5, 0.6) is 5.88 Å². The van der Waals surface area contributed by atoms with Gasteiger partial charge >= 0.3 is 0 Å². The van der Waals surface area contributed by atoms with Crippen molar-refractivity contribution in [2.75, 3.05) is 12.8 Å². The zero-order chi connectivity index (χ0) is 14.2. The first-order chi connectivity index (χ1) is 8.99. The van der Waals surface area contributed by atoms with Crippen LogP contribution in [-0.4, -0.2) is 26.9 Å². The van der Waals surface area contributed by atoms with Gasteiger partial charge in [0.05, 0.1) is 22.1 Å². The van der Waals surface area contributed by atoms with E-state index in [-0.39, 0.29) is 0 Å². The summed E-state index contributed by atoms with van der Waals surface area (Å²) in [5.74, 6) is 1.70. The fourth-order valence-electron chi connectivity index (χ4n) is 1.99. The SMILES string of the molecule is CCc1nc(-c2c(C)nn(C)c2OC)nc(N)c1I. The topological polar surface area (TPSA) is 78.8 Å². The number of nitrogens with two attached hydrogens (primary N) is 1. The molecule has 7 heteroatoms. The Morgan fingerprint density at radius 2 is 2.05 bits per heavy atom. The fourth-order valence-corrected chi connectivity index (χ4v) is 2.61. The van der Waals surface area contributed by atoms with Gasteiger partial charge in [-0.2, -0.15) is 5.10 Å². The standard InChI is InChI=1S/C12H16IN5O/c1-5-7-9(13)10(14)16-11(15-7)8-6(2)17-18(3)12(8)19-4/h5H2,1-4H3,(H2,14,15,16). The number of aryl methyl sites for hydroxylation is 3. The first-order valence-electron chi connectivity index (χ1n) is 5.89. The quantitative estimate of drug-likeness (QED) is 0.832. The Hall–Kier alpha value is -1.38. The smallest absolute Gasteiger partial charge is 0.222 e. The number of hydrogen-bond acceptors (Lipinski definition) is 5. The van der Waals surface area contributed by atoms with Crippen LogP contribution in [0.15, 0.2) is 0 Å². The maximum Gasteiger partial charge on any atom is 0.222 e. The zero-order valence-electron chi connectivity index (χ0n) is 11.4. The van der Waals surface area contributed by atoms with Crippen LogP contribution in [0.25, 0.3) is 11.4 Å². The number of methoxy groups -OCH3 is 1. The number of aromatic nitrogens is 4. The van der Waals surface area contributed by atoms with Crippen molar-refractivity contribution in [3.05, 3.63) is 15.0 Å². The first-order valence-corrected chi connectivity index (χ1v) is 6.97. The van der Waals surface area contributed by atoms with Crippen molar-refractivity contribution in [2.24, 2.45) is 7.05 Å². The first kappa shape index (κ1) is 14.0. The molecule has 0 aromatic carbocycles. The molecule has 102 valence electrons. The summed E-state index contributed by atoms with van der Waals surface area (Å²) in [4.78, 5) is 8.93. The Balaban J connectivity index is 2.69. The molecule has 0 aliphatic heterocycles. The van der Waals surface area contributed by atoms with Crippen LogP contribution < -0.4 is 10.5 Å². The van der Waals surface area contributed by atoms with Crippen LogP contribution in [0, 0.1) is 10.5 Å². The normalized spacial score (nSPS) is 10.8. The molecule has 2 heterocycles. The molecule has 0 amide bonds. The Kier molecular flexibility index (Phi) is 3.93. The van der Waals surface area contributed by atoms with Gasteiger partial charge in [-0.25, -0.2) is 14.6 Å². The maximum absolute atomic E-state index is 5.96. The number of ether oxygens (including phenoxy) is 1. The summed E-state index contributed by atoms with van der Waals surface area (Å²) >= 11 is 2.17. The third kappa shape index (κ3) is 2.38. The molecule has 0 aliphatic rings. The minimum absolute atomic E-state index is 0.493. The van der Waals surface area contributed by atoms with Gasteiger partial charge in [-0.15, -0.1) is 0 Å². The third-order valence-corrected chi connectivity index (χ3v) is 4.04. The minimum atomic E-state index is 0.493. The molecule has 0 radical (unpaired) electrons. The van der Waals surface area contributed by atoms with E-state index in [2.05, 4.69) is 37.7 Å². The fraction of sp³-hybridized carbons (Fsp3) is 0.417. The van der Waals surface area contributed by atoms with E-state index in [9.17, 15) is 0 Å². The van der Waals surface area contributed by atoms with Gasteiger partial charge in [0.2, 0.25) is 5.88 Å². The van der Waals surface area contributed by atoms with Gasteiger partial charge in [0.25, 0.3) is 0 Å². The van der Waals surface area contributed by atoms with E-state index in [1.807, 2.05) is 20.9 Å². The molecular weight excluding hydrogens is 357 g/mol. The molecule has 2 N–H and O–H groups in total. The molecule has 0 bridgehead atoms. The number of anilines is 1. The van der Waals surface area contributed by atoms with E-state index in [0.29, 0.717) is 17.5 Å². The van der Waals surface area contributed by atoms with E-state index in [1.54, 1.807) is 11.8 Å². The van der Waals surface area contributed by atoms with Crippen LogP contribution in [0.2, 0.25) is 0 Å². The predicted molar refractivity (Wildman–Crippen MR) is 82.0 cm³/mol. The lowest BCUT2D eigenvalue weighted by Crippen LogP contribution is -2.05. The largest absolute Gasteiger partial charge is 0.481 e. The average Bonchev–Trinajstić information content (AvgIpc) is 2.66. The number of nitrogen functional groups attached to an aromatic ring is 1. The highest BCUT2D eigenvalue weighted by Crippen LogP contribution is 2.32. The number of hydrogen-bond donors (Lipinski definition) is 1. The highest BCUT2D eigenvalue weighted by molar-refractivity contribution is 14.1. The summed E-state index contributed by atoms with van der Waals surface area (Å²) in [5.41, 5.74) is 8.51. The Morgan fingerprint density at radius 1 is 1.37 bits per heavy atom. The molecule has 2 aromatic heterocycles. The van der Waals surface area contributed by atoms with Crippen LogP contribution in [0.1, 0.15) is 18.3 Å². The van der Waals surface area contributed by atoms with Crippen molar-refractivity contribution in [1.29, 1.82) is 0 Å². The van der Waals surface area contributed by atoms with Crippen LogP contribution in [0.4, 0.5) is 5.82 Å². The van der Waals surface area contributed by atoms with Crippen molar-refractivity contribution in [2.45, 2.75) is 20.3 Å². The molecule has 0 saturated heterocycles. The van der Waals surface area contributed by atoms with E-state index in [4.69, 9.17) is 10.5 Å². The van der Waals surface area contributed by atoms with Gasteiger partial charge in [-0.3, -0.25) is 0 Å². The highest BCUT2D eigenvalue weighted by Gasteiger charge is 2.20. The molecule has 6 nitrogen and oxygen atoms in total.